The normalized spacial score (nSPS) is 11.4. The van der Waals surface area contributed by atoms with Crippen LogP contribution in [0.2, 0.25) is 0 Å². The lowest BCUT2D eigenvalue weighted by molar-refractivity contribution is 1.09. The van der Waals surface area contributed by atoms with Crippen LogP contribution >= 0.6 is 0 Å². The maximum atomic E-state index is 4.79. The molecule has 3 N–H and O–H groups in total. The molecule has 0 unspecified atom stereocenters. The molecular formula is C20H13N9. The zero-order chi connectivity index (χ0) is 19.2. The number of rotatable bonds is 3. The molecule has 6 aromatic heterocycles. The SMILES string of the molecule is c1ccc(-c2nccc3[nH]c(-c4n[nH]c5cnc(-c6cn[nH]c6)cc45)nc23)nc1. The molecule has 0 aliphatic rings. The van der Waals surface area contributed by atoms with Gasteiger partial charge in [-0.25, -0.2) is 4.98 Å². The number of hydrogen-bond donors (Lipinski definition) is 3. The molecule has 0 bridgehead atoms. The van der Waals surface area contributed by atoms with Crippen molar-refractivity contribution in [2.75, 3.05) is 0 Å². The predicted molar refractivity (Wildman–Crippen MR) is 108 cm³/mol. The highest BCUT2D eigenvalue weighted by Gasteiger charge is 2.17. The van der Waals surface area contributed by atoms with Crippen LogP contribution in [0.4, 0.5) is 0 Å². The molecule has 0 aliphatic heterocycles. The third-order valence-corrected chi connectivity index (χ3v) is 4.77. The molecule has 9 nitrogen and oxygen atoms in total. The highest BCUT2D eigenvalue weighted by molar-refractivity contribution is 5.96. The Labute approximate surface area is 163 Å². The molecule has 0 spiro atoms. The molecule has 0 aromatic carbocycles. The van der Waals surface area contributed by atoms with Crippen molar-refractivity contribution in [1.82, 2.24) is 45.3 Å². The van der Waals surface area contributed by atoms with Gasteiger partial charge in [0.15, 0.2) is 5.82 Å². The number of nitrogens with one attached hydrogen (secondary N) is 3. The van der Waals surface area contributed by atoms with Gasteiger partial charge in [-0.05, 0) is 24.3 Å². The Hall–Kier alpha value is -4.40. The number of aromatic nitrogens is 9. The summed E-state index contributed by atoms with van der Waals surface area (Å²) in [6.45, 7) is 0. The number of H-pyrrole nitrogens is 3. The predicted octanol–water partition coefficient (Wildman–Crippen LogP) is 3.35. The van der Waals surface area contributed by atoms with Crippen molar-refractivity contribution in [3.63, 3.8) is 0 Å². The summed E-state index contributed by atoms with van der Waals surface area (Å²) in [4.78, 5) is 21.5. The third-order valence-electron chi connectivity index (χ3n) is 4.77. The summed E-state index contributed by atoms with van der Waals surface area (Å²) in [5.74, 6) is 0.653. The number of imidazole rings is 1. The number of pyridine rings is 3. The minimum atomic E-state index is 0.653. The molecule has 138 valence electrons. The topological polar surface area (TPSA) is 125 Å². The molecule has 9 heteroatoms. The Morgan fingerprint density at radius 2 is 1.83 bits per heavy atom. The molecule has 0 amide bonds. The van der Waals surface area contributed by atoms with Gasteiger partial charge in [0, 0.05) is 29.5 Å². The van der Waals surface area contributed by atoms with E-state index in [9.17, 15) is 0 Å². The highest BCUT2D eigenvalue weighted by atomic mass is 15.1. The van der Waals surface area contributed by atoms with Gasteiger partial charge in [0.2, 0.25) is 0 Å². The van der Waals surface area contributed by atoms with Crippen LogP contribution < -0.4 is 0 Å². The van der Waals surface area contributed by atoms with E-state index in [2.05, 4.69) is 40.3 Å². The second kappa shape index (κ2) is 6.06. The first-order valence-electron chi connectivity index (χ1n) is 8.96. The Morgan fingerprint density at radius 3 is 2.69 bits per heavy atom. The van der Waals surface area contributed by atoms with Crippen LogP contribution in [-0.2, 0) is 0 Å². The van der Waals surface area contributed by atoms with Crippen molar-refractivity contribution in [3.8, 4) is 34.2 Å². The largest absolute Gasteiger partial charge is 0.336 e. The first-order valence-corrected chi connectivity index (χ1v) is 8.96. The van der Waals surface area contributed by atoms with Gasteiger partial charge in [0.25, 0.3) is 0 Å². The lowest BCUT2D eigenvalue weighted by Crippen LogP contribution is -1.88. The van der Waals surface area contributed by atoms with Gasteiger partial charge >= 0.3 is 0 Å². The summed E-state index contributed by atoms with van der Waals surface area (Å²) in [6.07, 6.45) is 8.80. The summed E-state index contributed by atoms with van der Waals surface area (Å²) in [5.41, 5.74) is 6.38. The van der Waals surface area contributed by atoms with Crippen LogP contribution in [0.5, 0.6) is 0 Å². The highest BCUT2D eigenvalue weighted by Crippen LogP contribution is 2.30. The Morgan fingerprint density at radius 1 is 0.828 bits per heavy atom. The summed E-state index contributed by atoms with van der Waals surface area (Å²) in [6, 6.07) is 9.60. The van der Waals surface area contributed by atoms with E-state index in [4.69, 9.17) is 4.98 Å². The van der Waals surface area contributed by atoms with Gasteiger partial charge < -0.3 is 4.98 Å². The fourth-order valence-corrected chi connectivity index (χ4v) is 3.38. The lowest BCUT2D eigenvalue weighted by Gasteiger charge is -1.99. The molecule has 0 fully saturated rings. The van der Waals surface area contributed by atoms with E-state index in [1.165, 1.54) is 0 Å². The number of nitrogens with zero attached hydrogens (tertiary/aromatic N) is 6. The van der Waals surface area contributed by atoms with Gasteiger partial charge in [-0.2, -0.15) is 10.2 Å². The molecule has 0 aliphatic carbocycles. The number of hydrogen-bond acceptors (Lipinski definition) is 6. The monoisotopic (exact) mass is 379 g/mol. The molecule has 0 saturated heterocycles. The molecule has 6 aromatic rings. The van der Waals surface area contributed by atoms with Crippen LogP contribution in [0.15, 0.2) is 61.3 Å². The average molecular weight is 379 g/mol. The smallest absolute Gasteiger partial charge is 0.159 e. The Kier molecular flexibility index (Phi) is 3.27. The third kappa shape index (κ3) is 2.48. The van der Waals surface area contributed by atoms with Crippen LogP contribution in [0.25, 0.3) is 56.1 Å². The number of aromatic amines is 3. The molecule has 6 rings (SSSR count). The van der Waals surface area contributed by atoms with Gasteiger partial charge in [-0.15, -0.1) is 0 Å². The van der Waals surface area contributed by atoms with Crippen molar-refractivity contribution < 1.29 is 0 Å². The maximum absolute atomic E-state index is 4.79. The van der Waals surface area contributed by atoms with Crippen LogP contribution in [0, 0.1) is 0 Å². The fraction of sp³-hybridized carbons (Fsp3) is 0. The maximum Gasteiger partial charge on any atom is 0.159 e. The molecule has 0 radical (unpaired) electrons. The molecular weight excluding hydrogens is 366 g/mol. The van der Waals surface area contributed by atoms with E-state index in [0.717, 1.165) is 50.3 Å². The van der Waals surface area contributed by atoms with Crippen LogP contribution in [0.3, 0.4) is 0 Å². The van der Waals surface area contributed by atoms with Gasteiger partial charge in [0.05, 0.1) is 34.8 Å². The van der Waals surface area contributed by atoms with Crippen molar-refractivity contribution in [2.24, 2.45) is 0 Å². The summed E-state index contributed by atoms with van der Waals surface area (Å²) in [7, 11) is 0. The first-order chi connectivity index (χ1) is 14.4. The standard InChI is InChI=1S/C20H13N9/c1-2-5-21-13(3-1)18-19-14(4-6-22-18)26-20(27-19)17-12-7-15(11-8-24-25-9-11)23-10-16(12)28-29-17/h1-10H,(H,24,25)(H,26,27)(H,28,29). The molecule has 6 heterocycles. The average Bonchev–Trinajstić information content (AvgIpc) is 3.52. The van der Waals surface area contributed by atoms with E-state index in [1.807, 2.05) is 30.3 Å². The van der Waals surface area contributed by atoms with E-state index >= 15 is 0 Å². The Balaban J connectivity index is 1.54. The van der Waals surface area contributed by atoms with Gasteiger partial charge in [0.1, 0.15) is 16.9 Å². The quantitative estimate of drug-likeness (QED) is 0.433. The minimum Gasteiger partial charge on any atom is -0.336 e. The van der Waals surface area contributed by atoms with Crippen LogP contribution in [-0.4, -0.2) is 45.3 Å². The van der Waals surface area contributed by atoms with E-state index in [0.29, 0.717) is 5.82 Å². The molecule has 0 atom stereocenters. The summed E-state index contributed by atoms with van der Waals surface area (Å²) < 4.78 is 0. The van der Waals surface area contributed by atoms with Crippen molar-refractivity contribution >= 4 is 21.9 Å². The first kappa shape index (κ1) is 15.6. The van der Waals surface area contributed by atoms with Crippen molar-refractivity contribution in [1.29, 1.82) is 0 Å². The van der Waals surface area contributed by atoms with Crippen LogP contribution in [0.1, 0.15) is 0 Å². The van der Waals surface area contributed by atoms with Gasteiger partial charge in [-0.1, -0.05) is 6.07 Å². The molecule has 29 heavy (non-hydrogen) atoms. The second-order valence-corrected chi connectivity index (χ2v) is 6.53. The fourth-order valence-electron chi connectivity index (χ4n) is 3.38. The zero-order valence-corrected chi connectivity index (χ0v) is 15.0. The van der Waals surface area contributed by atoms with Crippen molar-refractivity contribution in [2.45, 2.75) is 0 Å². The minimum absolute atomic E-state index is 0.653. The summed E-state index contributed by atoms with van der Waals surface area (Å²) >= 11 is 0. The van der Waals surface area contributed by atoms with E-state index in [-0.39, 0.29) is 0 Å². The van der Waals surface area contributed by atoms with E-state index in [1.54, 1.807) is 31.0 Å². The Bertz CT molecular complexity index is 1450. The lowest BCUT2D eigenvalue weighted by atomic mass is 10.1. The van der Waals surface area contributed by atoms with Crippen molar-refractivity contribution in [3.05, 3.63) is 61.3 Å². The zero-order valence-electron chi connectivity index (χ0n) is 15.0. The molecule has 0 saturated carbocycles. The summed E-state index contributed by atoms with van der Waals surface area (Å²) in [5, 5.41) is 15.2. The number of fused-ring (bicyclic) bond motifs is 2. The van der Waals surface area contributed by atoms with E-state index < -0.39 is 0 Å². The van der Waals surface area contributed by atoms with Gasteiger partial charge in [-0.3, -0.25) is 25.1 Å². The second-order valence-electron chi connectivity index (χ2n) is 6.53.